The fourth-order valence-corrected chi connectivity index (χ4v) is 1.24. The highest BCUT2D eigenvalue weighted by atomic mass is 19.4. The predicted octanol–water partition coefficient (Wildman–Crippen LogP) is 2.33. The van der Waals surface area contributed by atoms with Crippen molar-refractivity contribution in [2.75, 3.05) is 7.11 Å². The van der Waals surface area contributed by atoms with E-state index in [9.17, 15) is 23.3 Å². The fourth-order valence-electron chi connectivity index (χ4n) is 1.24. The van der Waals surface area contributed by atoms with E-state index in [1.54, 1.807) is 0 Å². The summed E-state index contributed by atoms with van der Waals surface area (Å²) in [5, 5.41) is 10.5. The standard InChI is InChI=1S/C8H7F3N2O3/c1-4-5(13(14)15)3-12-7(16-2)6(4)8(9,10)11/h3H,1-2H3. The third kappa shape index (κ3) is 2.05. The zero-order valence-corrected chi connectivity index (χ0v) is 8.33. The fraction of sp³-hybridized carbons (Fsp3) is 0.375. The second-order valence-electron chi connectivity index (χ2n) is 2.91. The van der Waals surface area contributed by atoms with Crippen molar-refractivity contribution in [2.24, 2.45) is 0 Å². The van der Waals surface area contributed by atoms with Gasteiger partial charge >= 0.3 is 6.18 Å². The Hall–Kier alpha value is -1.86. The van der Waals surface area contributed by atoms with Crippen molar-refractivity contribution < 1.29 is 22.8 Å². The van der Waals surface area contributed by atoms with Crippen LogP contribution in [0.4, 0.5) is 18.9 Å². The van der Waals surface area contributed by atoms with E-state index in [0.29, 0.717) is 0 Å². The summed E-state index contributed by atoms with van der Waals surface area (Å²) < 4.78 is 42.2. The lowest BCUT2D eigenvalue weighted by molar-refractivity contribution is -0.386. The molecule has 0 aliphatic carbocycles. The number of hydrogen-bond donors (Lipinski definition) is 0. The molecular formula is C8H7F3N2O3. The molecule has 0 aliphatic heterocycles. The minimum Gasteiger partial charge on any atom is -0.481 e. The summed E-state index contributed by atoms with van der Waals surface area (Å²) in [6.45, 7) is 1.01. The lowest BCUT2D eigenvalue weighted by Gasteiger charge is -2.13. The van der Waals surface area contributed by atoms with Gasteiger partial charge in [-0.15, -0.1) is 0 Å². The Morgan fingerprint density at radius 1 is 1.50 bits per heavy atom. The predicted molar refractivity (Wildman–Crippen MR) is 47.2 cm³/mol. The van der Waals surface area contributed by atoms with Crippen LogP contribution in [0.2, 0.25) is 0 Å². The molecule has 5 nitrogen and oxygen atoms in total. The van der Waals surface area contributed by atoms with E-state index >= 15 is 0 Å². The molecule has 1 aromatic heterocycles. The van der Waals surface area contributed by atoms with Gasteiger partial charge in [0.25, 0.3) is 5.69 Å². The van der Waals surface area contributed by atoms with Crippen molar-refractivity contribution in [3.8, 4) is 5.88 Å². The van der Waals surface area contributed by atoms with Crippen LogP contribution in [0, 0.1) is 17.0 Å². The van der Waals surface area contributed by atoms with Crippen LogP contribution in [0.5, 0.6) is 5.88 Å². The van der Waals surface area contributed by atoms with Gasteiger partial charge in [-0.2, -0.15) is 13.2 Å². The zero-order valence-electron chi connectivity index (χ0n) is 8.33. The molecule has 1 heterocycles. The Morgan fingerprint density at radius 2 is 2.06 bits per heavy atom. The van der Waals surface area contributed by atoms with E-state index in [2.05, 4.69) is 9.72 Å². The van der Waals surface area contributed by atoms with E-state index in [-0.39, 0.29) is 0 Å². The molecule has 0 N–H and O–H groups in total. The van der Waals surface area contributed by atoms with E-state index in [0.717, 1.165) is 20.2 Å². The first-order valence-electron chi connectivity index (χ1n) is 4.04. The van der Waals surface area contributed by atoms with Gasteiger partial charge in [0.15, 0.2) is 0 Å². The van der Waals surface area contributed by atoms with Crippen LogP contribution in [0.15, 0.2) is 6.20 Å². The summed E-state index contributed by atoms with van der Waals surface area (Å²) >= 11 is 0. The van der Waals surface area contributed by atoms with E-state index in [4.69, 9.17) is 0 Å². The molecule has 0 atom stereocenters. The van der Waals surface area contributed by atoms with Gasteiger partial charge in [-0.1, -0.05) is 0 Å². The van der Waals surface area contributed by atoms with Crippen molar-refractivity contribution in [2.45, 2.75) is 13.1 Å². The molecule has 0 aliphatic rings. The Morgan fingerprint density at radius 3 is 2.44 bits per heavy atom. The Labute approximate surface area is 88.0 Å². The summed E-state index contributed by atoms with van der Waals surface area (Å²) in [5.41, 5.74) is -2.42. The third-order valence-corrected chi connectivity index (χ3v) is 1.95. The molecule has 0 spiro atoms. The second-order valence-corrected chi connectivity index (χ2v) is 2.91. The molecule has 0 amide bonds. The van der Waals surface area contributed by atoms with Crippen LogP contribution in [-0.4, -0.2) is 17.0 Å². The monoisotopic (exact) mass is 236 g/mol. The van der Waals surface area contributed by atoms with Crippen molar-refractivity contribution in [1.29, 1.82) is 0 Å². The number of nitrogens with zero attached hydrogens (tertiary/aromatic N) is 2. The van der Waals surface area contributed by atoms with Crippen molar-refractivity contribution >= 4 is 5.69 Å². The number of rotatable bonds is 2. The first-order chi connectivity index (χ1) is 7.29. The van der Waals surface area contributed by atoms with Crippen LogP contribution in [0.25, 0.3) is 0 Å². The number of nitro groups is 1. The normalized spacial score (nSPS) is 11.3. The molecule has 0 radical (unpaired) electrons. The lowest BCUT2D eigenvalue weighted by atomic mass is 10.1. The average Bonchev–Trinajstić information content (AvgIpc) is 2.14. The molecule has 0 aromatic carbocycles. The summed E-state index contributed by atoms with van der Waals surface area (Å²) in [4.78, 5) is 12.8. The largest absolute Gasteiger partial charge is 0.481 e. The molecule has 0 fully saturated rings. The van der Waals surface area contributed by atoms with Crippen LogP contribution in [0.1, 0.15) is 11.1 Å². The maximum Gasteiger partial charge on any atom is 0.422 e. The molecule has 0 saturated heterocycles. The molecular weight excluding hydrogens is 229 g/mol. The molecule has 1 aromatic rings. The van der Waals surface area contributed by atoms with Gasteiger partial charge in [0.2, 0.25) is 5.88 Å². The number of aromatic nitrogens is 1. The second kappa shape index (κ2) is 3.95. The first kappa shape index (κ1) is 12.2. The number of methoxy groups -OCH3 is 1. The molecule has 8 heteroatoms. The van der Waals surface area contributed by atoms with Gasteiger partial charge in [-0.3, -0.25) is 10.1 Å². The van der Waals surface area contributed by atoms with Gasteiger partial charge in [0, 0.05) is 5.56 Å². The molecule has 88 valence electrons. The smallest absolute Gasteiger partial charge is 0.422 e. The SMILES string of the molecule is COc1ncc([N+](=O)[O-])c(C)c1C(F)(F)F. The molecule has 0 bridgehead atoms. The Balaban J connectivity index is 3.53. The maximum absolute atomic E-state index is 12.6. The topological polar surface area (TPSA) is 65.3 Å². The summed E-state index contributed by atoms with van der Waals surface area (Å²) in [7, 11) is 1.02. The number of pyridine rings is 1. The maximum atomic E-state index is 12.6. The minimum atomic E-state index is -4.74. The van der Waals surface area contributed by atoms with E-state index < -0.39 is 33.8 Å². The highest BCUT2D eigenvalue weighted by molar-refractivity contribution is 5.48. The quantitative estimate of drug-likeness (QED) is 0.583. The number of ether oxygens (including phenoxy) is 1. The molecule has 16 heavy (non-hydrogen) atoms. The Bertz CT molecular complexity index is 431. The highest BCUT2D eigenvalue weighted by Gasteiger charge is 2.39. The number of hydrogen-bond acceptors (Lipinski definition) is 4. The summed E-state index contributed by atoms with van der Waals surface area (Å²) in [6, 6.07) is 0. The molecule has 0 unspecified atom stereocenters. The first-order valence-corrected chi connectivity index (χ1v) is 4.04. The molecule has 0 saturated carbocycles. The van der Waals surface area contributed by atoms with Gasteiger partial charge in [0.05, 0.1) is 12.0 Å². The lowest BCUT2D eigenvalue weighted by Crippen LogP contribution is -2.12. The highest BCUT2D eigenvalue weighted by Crippen LogP contribution is 2.40. The van der Waals surface area contributed by atoms with Crippen LogP contribution in [0.3, 0.4) is 0 Å². The van der Waals surface area contributed by atoms with Gasteiger partial charge in [0.1, 0.15) is 11.8 Å². The van der Waals surface area contributed by atoms with Gasteiger partial charge in [-0.05, 0) is 6.92 Å². The average molecular weight is 236 g/mol. The van der Waals surface area contributed by atoms with Crippen molar-refractivity contribution in [3.05, 3.63) is 27.4 Å². The third-order valence-electron chi connectivity index (χ3n) is 1.95. The van der Waals surface area contributed by atoms with Crippen LogP contribution >= 0.6 is 0 Å². The van der Waals surface area contributed by atoms with Gasteiger partial charge in [-0.25, -0.2) is 4.98 Å². The summed E-state index contributed by atoms with van der Waals surface area (Å²) in [6.07, 6.45) is -4.00. The Kier molecular flexibility index (Phi) is 3.02. The van der Waals surface area contributed by atoms with Crippen LogP contribution in [-0.2, 0) is 6.18 Å². The van der Waals surface area contributed by atoms with Crippen LogP contribution < -0.4 is 4.74 Å². The van der Waals surface area contributed by atoms with Gasteiger partial charge < -0.3 is 4.74 Å². The zero-order chi connectivity index (χ0) is 12.5. The minimum absolute atomic E-state index is 0.510. The van der Waals surface area contributed by atoms with Crippen molar-refractivity contribution in [3.63, 3.8) is 0 Å². The summed E-state index contributed by atoms with van der Waals surface area (Å²) in [5.74, 6) is -0.671. The molecule has 1 rings (SSSR count). The number of alkyl halides is 3. The van der Waals surface area contributed by atoms with E-state index in [1.165, 1.54) is 0 Å². The van der Waals surface area contributed by atoms with Crippen molar-refractivity contribution in [1.82, 2.24) is 4.98 Å². The number of halogens is 3. The van der Waals surface area contributed by atoms with E-state index in [1.807, 2.05) is 0 Å².